The van der Waals surface area contributed by atoms with Crippen molar-refractivity contribution in [3.63, 3.8) is 0 Å². The summed E-state index contributed by atoms with van der Waals surface area (Å²) in [4.78, 5) is 27.6. The summed E-state index contributed by atoms with van der Waals surface area (Å²) in [5, 5.41) is 4.97. The minimum absolute atomic E-state index is 0.00854. The zero-order valence-electron chi connectivity index (χ0n) is 16.8. The summed E-state index contributed by atoms with van der Waals surface area (Å²) in [7, 11) is 0. The molecule has 8 heteroatoms. The fourth-order valence-electron chi connectivity index (χ4n) is 3.89. The first-order chi connectivity index (χ1) is 14.9. The molecule has 0 atom stereocenters. The average molecular weight is 460 g/mol. The summed E-state index contributed by atoms with van der Waals surface area (Å²) >= 11 is 12.0. The van der Waals surface area contributed by atoms with Gasteiger partial charge in [-0.3, -0.25) is 9.59 Å². The van der Waals surface area contributed by atoms with Crippen molar-refractivity contribution < 1.29 is 14.0 Å². The van der Waals surface area contributed by atoms with Crippen LogP contribution in [0.25, 0.3) is 5.69 Å². The molecule has 1 aliphatic rings. The lowest BCUT2D eigenvalue weighted by molar-refractivity contribution is 0.0649. The minimum atomic E-state index is -0.408. The van der Waals surface area contributed by atoms with E-state index in [0.29, 0.717) is 58.5 Å². The SMILES string of the molecule is Cc1c(C(=O)N2CCC(C(=O)c3ccc(Cl)c(Cl)c3)CC2)cnn1-c1ccccc1F. The fraction of sp³-hybridized carbons (Fsp3) is 0.261. The van der Waals surface area contributed by atoms with E-state index in [1.54, 1.807) is 48.2 Å². The molecule has 0 bridgehead atoms. The van der Waals surface area contributed by atoms with Gasteiger partial charge in [0.05, 0.1) is 27.5 Å². The quantitative estimate of drug-likeness (QED) is 0.493. The van der Waals surface area contributed by atoms with Gasteiger partial charge < -0.3 is 4.90 Å². The van der Waals surface area contributed by atoms with Gasteiger partial charge in [0.25, 0.3) is 5.91 Å². The number of likely N-dealkylation sites (tertiary alicyclic amines) is 1. The maximum Gasteiger partial charge on any atom is 0.257 e. The van der Waals surface area contributed by atoms with Crippen molar-refractivity contribution in [1.29, 1.82) is 0 Å². The molecule has 160 valence electrons. The molecule has 0 aliphatic carbocycles. The summed E-state index contributed by atoms with van der Waals surface area (Å²) in [6, 6.07) is 11.2. The Balaban J connectivity index is 1.45. The fourth-order valence-corrected chi connectivity index (χ4v) is 4.18. The normalized spacial score (nSPS) is 14.6. The van der Waals surface area contributed by atoms with E-state index in [-0.39, 0.29) is 17.6 Å². The zero-order valence-corrected chi connectivity index (χ0v) is 18.3. The monoisotopic (exact) mass is 459 g/mol. The molecule has 0 N–H and O–H groups in total. The van der Waals surface area contributed by atoms with Crippen LogP contribution in [0.15, 0.2) is 48.7 Å². The smallest absolute Gasteiger partial charge is 0.257 e. The molecular weight excluding hydrogens is 440 g/mol. The molecule has 1 aromatic heterocycles. The van der Waals surface area contributed by atoms with E-state index in [4.69, 9.17) is 23.2 Å². The van der Waals surface area contributed by atoms with Gasteiger partial charge in [-0.2, -0.15) is 5.10 Å². The van der Waals surface area contributed by atoms with Crippen molar-refractivity contribution in [1.82, 2.24) is 14.7 Å². The third-order valence-corrected chi connectivity index (χ3v) is 6.42. The van der Waals surface area contributed by atoms with Crippen LogP contribution in [0.3, 0.4) is 0 Å². The molecule has 1 fully saturated rings. The number of halogens is 3. The van der Waals surface area contributed by atoms with Gasteiger partial charge in [-0.05, 0) is 50.1 Å². The van der Waals surface area contributed by atoms with E-state index in [2.05, 4.69) is 5.10 Å². The minimum Gasteiger partial charge on any atom is -0.338 e. The lowest BCUT2D eigenvalue weighted by atomic mass is 9.88. The van der Waals surface area contributed by atoms with Crippen molar-refractivity contribution >= 4 is 34.9 Å². The van der Waals surface area contributed by atoms with Crippen molar-refractivity contribution in [3.05, 3.63) is 81.3 Å². The Kier molecular flexibility index (Phi) is 6.12. The summed E-state index contributed by atoms with van der Waals surface area (Å²) in [5.41, 5.74) is 1.83. The van der Waals surface area contributed by atoms with E-state index in [0.717, 1.165) is 0 Å². The first-order valence-corrected chi connectivity index (χ1v) is 10.7. The number of para-hydroxylation sites is 1. The number of ketones is 1. The van der Waals surface area contributed by atoms with Crippen molar-refractivity contribution in [2.75, 3.05) is 13.1 Å². The highest BCUT2D eigenvalue weighted by Crippen LogP contribution is 2.28. The largest absolute Gasteiger partial charge is 0.338 e. The van der Waals surface area contributed by atoms with Crippen LogP contribution in [-0.2, 0) is 0 Å². The van der Waals surface area contributed by atoms with E-state index >= 15 is 0 Å². The lowest BCUT2D eigenvalue weighted by Gasteiger charge is -2.31. The number of hydrogen-bond donors (Lipinski definition) is 0. The Morgan fingerprint density at radius 3 is 2.45 bits per heavy atom. The second-order valence-corrected chi connectivity index (χ2v) is 8.38. The highest BCUT2D eigenvalue weighted by molar-refractivity contribution is 6.42. The van der Waals surface area contributed by atoms with Gasteiger partial charge in [0, 0.05) is 24.6 Å². The highest BCUT2D eigenvalue weighted by atomic mass is 35.5. The molecule has 0 radical (unpaired) electrons. The van der Waals surface area contributed by atoms with Crippen LogP contribution in [0.5, 0.6) is 0 Å². The Morgan fingerprint density at radius 1 is 1.06 bits per heavy atom. The van der Waals surface area contributed by atoms with Crippen LogP contribution in [0.2, 0.25) is 10.0 Å². The number of rotatable bonds is 4. The van der Waals surface area contributed by atoms with E-state index < -0.39 is 5.82 Å². The van der Waals surface area contributed by atoms with Gasteiger partial charge in [-0.15, -0.1) is 0 Å². The number of amides is 1. The number of carbonyl (C=O) groups excluding carboxylic acids is 2. The number of nitrogens with zero attached hydrogens (tertiary/aromatic N) is 3. The van der Waals surface area contributed by atoms with Crippen LogP contribution < -0.4 is 0 Å². The van der Waals surface area contributed by atoms with Gasteiger partial charge in [-0.25, -0.2) is 9.07 Å². The molecule has 3 aromatic rings. The number of benzene rings is 2. The Hall–Kier alpha value is -2.70. The molecule has 2 aromatic carbocycles. The third kappa shape index (κ3) is 4.23. The van der Waals surface area contributed by atoms with Crippen molar-refractivity contribution in [3.8, 4) is 5.69 Å². The molecule has 1 saturated heterocycles. The Morgan fingerprint density at radius 2 is 1.77 bits per heavy atom. The number of aromatic nitrogens is 2. The standard InChI is InChI=1S/C23H20Cl2FN3O2/c1-14-17(13-27-29(14)21-5-3-2-4-20(21)26)23(31)28-10-8-15(9-11-28)22(30)16-6-7-18(24)19(25)12-16/h2-7,12-13,15H,8-11H2,1H3. The Labute approximate surface area is 189 Å². The van der Waals surface area contributed by atoms with E-state index in [1.807, 2.05) is 0 Å². The van der Waals surface area contributed by atoms with Gasteiger partial charge in [0.1, 0.15) is 11.5 Å². The number of piperidine rings is 1. The first kappa shape index (κ1) is 21.5. The van der Waals surface area contributed by atoms with Gasteiger partial charge in [0.2, 0.25) is 0 Å². The molecule has 1 aliphatic heterocycles. The zero-order chi connectivity index (χ0) is 22.1. The second kappa shape index (κ2) is 8.81. The molecule has 0 saturated carbocycles. The predicted molar refractivity (Wildman–Crippen MR) is 118 cm³/mol. The molecule has 1 amide bonds. The average Bonchev–Trinajstić information content (AvgIpc) is 3.16. The summed E-state index contributed by atoms with van der Waals surface area (Å²) in [5.74, 6) is -0.743. The van der Waals surface area contributed by atoms with Gasteiger partial charge in [0.15, 0.2) is 5.78 Å². The molecule has 31 heavy (non-hydrogen) atoms. The van der Waals surface area contributed by atoms with Crippen LogP contribution in [-0.4, -0.2) is 39.5 Å². The Bertz CT molecular complexity index is 1150. The van der Waals surface area contributed by atoms with Gasteiger partial charge >= 0.3 is 0 Å². The molecular formula is C23H20Cl2FN3O2. The van der Waals surface area contributed by atoms with Crippen LogP contribution >= 0.6 is 23.2 Å². The number of Topliss-reactive ketones (excluding diaryl/α,β-unsaturated/α-hetero) is 1. The van der Waals surface area contributed by atoms with Crippen molar-refractivity contribution in [2.45, 2.75) is 19.8 Å². The molecule has 5 nitrogen and oxygen atoms in total. The summed E-state index contributed by atoms with van der Waals surface area (Å²) in [6.45, 7) is 2.66. The summed E-state index contributed by atoms with van der Waals surface area (Å²) in [6.07, 6.45) is 2.59. The maximum atomic E-state index is 14.1. The van der Waals surface area contributed by atoms with Gasteiger partial charge in [-0.1, -0.05) is 35.3 Å². The van der Waals surface area contributed by atoms with Crippen LogP contribution in [0, 0.1) is 18.7 Å². The summed E-state index contributed by atoms with van der Waals surface area (Å²) < 4.78 is 15.6. The first-order valence-electron chi connectivity index (χ1n) is 9.95. The predicted octanol–water partition coefficient (Wildman–Crippen LogP) is 5.36. The molecule has 4 rings (SSSR count). The lowest BCUT2D eigenvalue weighted by Crippen LogP contribution is -2.40. The van der Waals surface area contributed by atoms with Crippen molar-refractivity contribution in [2.24, 2.45) is 5.92 Å². The third-order valence-electron chi connectivity index (χ3n) is 5.68. The van der Waals surface area contributed by atoms with Crippen LogP contribution in [0.4, 0.5) is 4.39 Å². The molecule has 0 unspecified atom stereocenters. The van der Waals surface area contributed by atoms with E-state index in [1.165, 1.54) is 16.9 Å². The number of carbonyl (C=O) groups is 2. The molecule has 0 spiro atoms. The highest BCUT2D eigenvalue weighted by Gasteiger charge is 2.30. The van der Waals surface area contributed by atoms with E-state index in [9.17, 15) is 14.0 Å². The topological polar surface area (TPSA) is 55.2 Å². The van der Waals surface area contributed by atoms with Crippen LogP contribution in [0.1, 0.15) is 39.3 Å². The molecule has 2 heterocycles. The second-order valence-electron chi connectivity index (χ2n) is 7.57. The number of hydrogen-bond acceptors (Lipinski definition) is 3. The maximum absolute atomic E-state index is 14.1.